The third kappa shape index (κ3) is 3.46. The molecular formula is C11H18N2O5S3. The van der Waals surface area contributed by atoms with Crippen LogP contribution in [0.15, 0.2) is 10.3 Å². The third-order valence-corrected chi connectivity index (χ3v) is 8.28. The number of aliphatic hydroxyl groups is 1. The van der Waals surface area contributed by atoms with E-state index in [4.69, 9.17) is 5.11 Å². The third-order valence-electron chi connectivity index (χ3n) is 3.40. The molecule has 0 bridgehead atoms. The molecule has 1 aromatic rings. The second-order valence-corrected chi connectivity index (χ2v) is 10.2. The molecule has 120 valence electrons. The van der Waals surface area contributed by atoms with E-state index in [0.717, 1.165) is 23.2 Å². The minimum atomic E-state index is -3.62. The molecule has 0 aromatic carbocycles. The van der Waals surface area contributed by atoms with Crippen LogP contribution in [0.2, 0.25) is 0 Å². The van der Waals surface area contributed by atoms with Crippen LogP contribution in [0.25, 0.3) is 0 Å². The summed E-state index contributed by atoms with van der Waals surface area (Å²) in [7, 11) is -6.91. The topological polar surface area (TPSA) is 95.0 Å². The van der Waals surface area contributed by atoms with Gasteiger partial charge in [0.05, 0.1) is 12.9 Å². The minimum absolute atomic E-state index is 0.140. The molecule has 1 fully saturated rings. The average Bonchev–Trinajstić information content (AvgIpc) is 2.80. The molecule has 1 aromatic heterocycles. The molecular weight excluding hydrogens is 336 g/mol. The molecule has 0 amide bonds. The van der Waals surface area contributed by atoms with Crippen LogP contribution in [0.3, 0.4) is 0 Å². The molecule has 21 heavy (non-hydrogen) atoms. The first-order chi connectivity index (χ1) is 9.66. The van der Waals surface area contributed by atoms with Gasteiger partial charge < -0.3 is 5.11 Å². The van der Waals surface area contributed by atoms with Crippen molar-refractivity contribution in [3.05, 3.63) is 16.5 Å². The molecule has 10 heteroatoms. The predicted molar refractivity (Wildman–Crippen MR) is 80.2 cm³/mol. The molecule has 2 rings (SSSR count). The fourth-order valence-corrected chi connectivity index (χ4v) is 5.99. The van der Waals surface area contributed by atoms with Crippen LogP contribution in [0.5, 0.6) is 0 Å². The van der Waals surface area contributed by atoms with Gasteiger partial charge in [-0.3, -0.25) is 0 Å². The van der Waals surface area contributed by atoms with Crippen LogP contribution in [-0.2, 0) is 26.7 Å². The summed E-state index contributed by atoms with van der Waals surface area (Å²) in [6.07, 6.45) is 1.12. The molecule has 1 N–H and O–H groups in total. The molecule has 1 aliphatic heterocycles. The smallest absolute Gasteiger partial charge is 0.252 e. The highest BCUT2D eigenvalue weighted by Crippen LogP contribution is 2.29. The van der Waals surface area contributed by atoms with E-state index in [1.54, 1.807) is 13.0 Å². The van der Waals surface area contributed by atoms with E-state index in [2.05, 4.69) is 0 Å². The number of piperazine rings is 1. The summed E-state index contributed by atoms with van der Waals surface area (Å²) >= 11 is 1.05. The van der Waals surface area contributed by atoms with E-state index in [0.29, 0.717) is 4.88 Å². The number of thiophene rings is 1. The van der Waals surface area contributed by atoms with Crippen LogP contribution >= 0.6 is 11.3 Å². The SMILES string of the molecule is Cc1cc(S(=O)(=O)N2CCN(S(C)(=O)=O)CC2)sc1CO. The highest BCUT2D eigenvalue weighted by Gasteiger charge is 2.32. The normalized spacial score (nSPS) is 19.0. The lowest BCUT2D eigenvalue weighted by atomic mass is 10.3. The summed E-state index contributed by atoms with van der Waals surface area (Å²) in [4.78, 5) is 0.628. The number of hydrogen-bond donors (Lipinski definition) is 1. The van der Waals surface area contributed by atoms with E-state index in [1.165, 1.54) is 8.61 Å². The Kier molecular flexibility index (Phi) is 4.76. The number of aryl methyl sites for hydroxylation is 1. The maximum Gasteiger partial charge on any atom is 0.252 e. The Labute approximate surface area is 128 Å². The van der Waals surface area contributed by atoms with Gasteiger partial charge in [-0.2, -0.15) is 8.61 Å². The summed E-state index contributed by atoms with van der Waals surface area (Å²) in [6.45, 7) is 2.17. The Morgan fingerprint density at radius 3 is 2.10 bits per heavy atom. The molecule has 0 spiro atoms. The maximum atomic E-state index is 12.5. The maximum absolute atomic E-state index is 12.5. The fourth-order valence-electron chi connectivity index (χ4n) is 2.14. The van der Waals surface area contributed by atoms with Crippen LogP contribution in [0, 0.1) is 6.92 Å². The summed E-state index contributed by atoms with van der Waals surface area (Å²) in [5, 5.41) is 9.16. The number of hydrogen-bond acceptors (Lipinski definition) is 6. The van der Waals surface area contributed by atoms with Gasteiger partial charge in [0.2, 0.25) is 10.0 Å². The Bertz CT molecular complexity index is 715. The van der Waals surface area contributed by atoms with Crippen LogP contribution in [0.1, 0.15) is 10.4 Å². The fraction of sp³-hybridized carbons (Fsp3) is 0.636. The Balaban J connectivity index is 2.18. The van der Waals surface area contributed by atoms with Crippen molar-refractivity contribution in [3.8, 4) is 0 Å². The van der Waals surface area contributed by atoms with Crippen LogP contribution in [-0.4, -0.2) is 63.0 Å². The van der Waals surface area contributed by atoms with Crippen molar-refractivity contribution in [2.75, 3.05) is 32.4 Å². The highest BCUT2D eigenvalue weighted by molar-refractivity contribution is 7.91. The average molecular weight is 354 g/mol. The lowest BCUT2D eigenvalue weighted by Crippen LogP contribution is -2.50. The van der Waals surface area contributed by atoms with Crippen molar-refractivity contribution in [2.24, 2.45) is 0 Å². The van der Waals surface area contributed by atoms with E-state index < -0.39 is 20.0 Å². The number of sulfonamides is 2. The summed E-state index contributed by atoms with van der Waals surface area (Å²) in [5.41, 5.74) is 0.746. The standard InChI is InChI=1S/C11H18N2O5S3/c1-9-7-11(19-10(9)8-14)21(17,18)13-5-3-12(4-6-13)20(2,15)16/h7,14H,3-6,8H2,1-2H3. The first kappa shape index (κ1) is 16.8. The van der Waals surface area contributed by atoms with Crippen molar-refractivity contribution >= 4 is 31.4 Å². The molecule has 0 aliphatic carbocycles. The van der Waals surface area contributed by atoms with Crippen molar-refractivity contribution < 1.29 is 21.9 Å². The van der Waals surface area contributed by atoms with Gasteiger partial charge in [0.15, 0.2) is 0 Å². The van der Waals surface area contributed by atoms with Crippen molar-refractivity contribution in [2.45, 2.75) is 17.7 Å². The monoisotopic (exact) mass is 354 g/mol. The van der Waals surface area contributed by atoms with Gasteiger partial charge in [0.25, 0.3) is 10.0 Å². The molecule has 2 heterocycles. The highest BCUT2D eigenvalue weighted by atomic mass is 32.2. The quantitative estimate of drug-likeness (QED) is 0.809. The van der Waals surface area contributed by atoms with Gasteiger partial charge in [-0.1, -0.05) is 0 Å². The van der Waals surface area contributed by atoms with Gasteiger partial charge in [-0.15, -0.1) is 11.3 Å². The molecule has 1 aliphatic rings. The van der Waals surface area contributed by atoms with Crippen LogP contribution < -0.4 is 0 Å². The van der Waals surface area contributed by atoms with Crippen LogP contribution in [0.4, 0.5) is 0 Å². The second-order valence-electron chi connectivity index (χ2n) is 4.90. The van der Waals surface area contributed by atoms with Gasteiger partial charge in [0.1, 0.15) is 4.21 Å². The number of nitrogens with zero attached hydrogens (tertiary/aromatic N) is 2. The predicted octanol–water partition coefficient (Wildman–Crippen LogP) is -0.185. The molecule has 0 atom stereocenters. The van der Waals surface area contributed by atoms with Gasteiger partial charge in [-0.25, -0.2) is 16.8 Å². The Morgan fingerprint density at radius 2 is 1.67 bits per heavy atom. The molecule has 0 saturated carbocycles. The summed E-state index contributed by atoms with van der Waals surface area (Å²) in [6, 6.07) is 1.55. The molecule has 7 nitrogen and oxygen atoms in total. The summed E-state index contributed by atoms with van der Waals surface area (Å²) in [5.74, 6) is 0. The Morgan fingerprint density at radius 1 is 1.14 bits per heavy atom. The number of rotatable bonds is 4. The van der Waals surface area contributed by atoms with E-state index in [1.807, 2.05) is 0 Å². The zero-order chi connectivity index (χ0) is 15.8. The van der Waals surface area contributed by atoms with Gasteiger partial charge in [-0.05, 0) is 18.6 Å². The minimum Gasteiger partial charge on any atom is -0.391 e. The Hall–Kier alpha value is -0.520. The molecule has 0 radical (unpaired) electrons. The van der Waals surface area contributed by atoms with E-state index in [-0.39, 0.29) is 37.0 Å². The van der Waals surface area contributed by atoms with Gasteiger partial charge >= 0.3 is 0 Å². The first-order valence-electron chi connectivity index (χ1n) is 6.31. The van der Waals surface area contributed by atoms with Gasteiger partial charge in [0, 0.05) is 31.1 Å². The number of aliphatic hydroxyl groups excluding tert-OH is 1. The van der Waals surface area contributed by atoms with Crippen molar-refractivity contribution in [3.63, 3.8) is 0 Å². The largest absolute Gasteiger partial charge is 0.391 e. The first-order valence-corrected chi connectivity index (χ1v) is 10.4. The lowest BCUT2D eigenvalue weighted by Gasteiger charge is -2.32. The zero-order valence-electron chi connectivity index (χ0n) is 11.8. The lowest BCUT2D eigenvalue weighted by molar-refractivity contribution is 0.274. The summed E-state index contributed by atoms with van der Waals surface area (Å²) < 4.78 is 50.6. The zero-order valence-corrected chi connectivity index (χ0v) is 14.3. The molecule has 1 saturated heterocycles. The van der Waals surface area contributed by atoms with Crippen molar-refractivity contribution in [1.82, 2.24) is 8.61 Å². The second kappa shape index (κ2) is 5.94. The van der Waals surface area contributed by atoms with E-state index in [9.17, 15) is 16.8 Å². The van der Waals surface area contributed by atoms with E-state index >= 15 is 0 Å². The van der Waals surface area contributed by atoms with Crippen molar-refractivity contribution in [1.29, 1.82) is 0 Å². The molecule has 0 unspecified atom stereocenters.